The van der Waals surface area contributed by atoms with E-state index in [1.165, 1.54) is 22.0 Å². The highest BCUT2D eigenvalue weighted by Gasteiger charge is 2.46. The maximum atomic E-state index is 11.4. The second-order valence-electron chi connectivity index (χ2n) is 8.76. The molecule has 1 saturated heterocycles. The van der Waals surface area contributed by atoms with E-state index in [0.717, 1.165) is 25.6 Å². The van der Waals surface area contributed by atoms with Crippen LogP contribution in [0.2, 0.25) is 0 Å². The lowest BCUT2D eigenvalue weighted by atomic mass is 9.72. The van der Waals surface area contributed by atoms with Crippen LogP contribution in [0.25, 0.3) is 10.9 Å². The summed E-state index contributed by atoms with van der Waals surface area (Å²) in [6.07, 6.45) is 0.581. The number of alkyl halides is 1. The molecule has 2 aliphatic rings. The summed E-state index contributed by atoms with van der Waals surface area (Å²) in [6.45, 7) is 0.925. The molecule has 5 atom stereocenters. The zero-order valence-electron chi connectivity index (χ0n) is 18.5. The predicted molar refractivity (Wildman–Crippen MR) is 126 cm³/mol. The fourth-order valence-electron chi connectivity index (χ4n) is 4.65. The summed E-state index contributed by atoms with van der Waals surface area (Å²) in [4.78, 5) is 25.3. The van der Waals surface area contributed by atoms with Crippen molar-refractivity contribution in [2.24, 2.45) is 0 Å². The van der Waals surface area contributed by atoms with Crippen molar-refractivity contribution in [3.05, 3.63) is 35.5 Å². The van der Waals surface area contributed by atoms with Crippen molar-refractivity contribution in [3.63, 3.8) is 0 Å². The van der Waals surface area contributed by atoms with Crippen LogP contribution in [0, 0.1) is 0 Å². The Kier molecular flexibility index (Phi) is 7.75. The van der Waals surface area contributed by atoms with Gasteiger partial charge in [0.1, 0.15) is 0 Å². The van der Waals surface area contributed by atoms with Crippen LogP contribution in [0.15, 0.2) is 24.4 Å². The summed E-state index contributed by atoms with van der Waals surface area (Å²) in [7, 11) is -1.33. The number of halogens is 1. The van der Waals surface area contributed by atoms with Crippen LogP contribution in [0.1, 0.15) is 23.5 Å². The molecule has 188 valence electrons. The average Bonchev–Trinajstić information content (AvgIpc) is 3.16. The van der Waals surface area contributed by atoms with Crippen LogP contribution in [0.3, 0.4) is 0 Å². The molecule has 2 heterocycles. The molecule has 1 aliphatic carbocycles. The second-order valence-corrected chi connectivity index (χ2v) is 12.1. The Morgan fingerprint density at radius 3 is 2.44 bits per heavy atom. The Labute approximate surface area is 204 Å². The summed E-state index contributed by atoms with van der Waals surface area (Å²) in [5, 5.41) is 33.9. The molecule has 1 aromatic heterocycles. The van der Waals surface area contributed by atoms with Crippen LogP contribution < -0.4 is 0 Å². The van der Waals surface area contributed by atoms with Gasteiger partial charge in [-0.25, -0.2) is 9.59 Å². The monoisotopic (exact) mass is 562 g/mol. The minimum absolute atomic E-state index is 0.162. The summed E-state index contributed by atoms with van der Waals surface area (Å²) in [5.74, 6) is -3.18. The number of likely N-dealkylation sites (N-methyl/N-ethyl adjacent to an activating group) is 1. The Balaban J connectivity index is 0.000000277. The number of hydrogen-bond donors (Lipinski definition) is 5. The number of carbonyl (C=O) groups is 2. The highest BCUT2D eigenvalue weighted by atomic mass is 79.9. The molecule has 3 unspecified atom stereocenters. The number of carboxylic acids is 2. The van der Waals surface area contributed by atoms with Gasteiger partial charge in [-0.05, 0) is 37.1 Å². The highest BCUT2D eigenvalue weighted by molar-refractivity contribution is 9.10. The van der Waals surface area contributed by atoms with Crippen molar-refractivity contribution in [1.82, 2.24) is 9.88 Å². The van der Waals surface area contributed by atoms with Crippen molar-refractivity contribution in [2.75, 3.05) is 26.5 Å². The van der Waals surface area contributed by atoms with Crippen molar-refractivity contribution in [1.29, 1.82) is 0 Å². The van der Waals surface area contributed by atoms with Gasteiger partial charge in [-0.3, -0.25) is 4.18 Å². The van der Waals surface area contributed by atoms with E-state index in [1.807, 2.05) is 0 Å². The average molecular weight is 563 g/mol. The molecule has 2 aromatic rings. The van der Waals surface area contributed by atoms with Crippen LogP contribution in [-0.4, -0.2) is 99.7 Å². The normalized spacial score (nSPS) is 26.1. The molecule has 1 fully saturated rings. The van der Waals surface area contributed by atoms with Crippen LogP contribution in [0.5, 0.6) is 0 Å². The number of carboxylic acid groups (broad SMARTS) is 2. The number of aromatic nitrogens is 1. The second kappa shape index (κ2) is 9.91. The van der Waals surface area contributed by atoms with Crippen molar-refractivity contribution >= 4 is 48.9 Å². The van der Waals surface area contributed by atoms with Crippen LogP contribution in [-0.2, 0) is 30.3 Å². The Morgan fingerprint density at radius 1 is 1.26 bits per heavy atom. The number of benzene rings is 1. The summed E-state index contributed by atoms with van der Waals surface area (Å²) >= 11 is 3.79. The largest absolute Gasteiger partial charge is 0.479 e. The number of nitrogens with one attached hydrogen (secondary N) is 1. The first-order chi connectivity index (χ1) is 15.7. The molecular weight excluding hydrogens is 536 g/mol. The summed E-state index contributed by atoms with van der Waals surface area (Å²) in [5.41, 5.74) is 3.92. The van der Waals surface area contributed by atoms with Gasteiger partial charge in [0.25, 0.3) is 10.1 Å². The molecule has 5 N–H and O–H groups in total. The SMILES string of the molecule is CN1C[C@](Br)(COS(C)(=O)=O)CC2c3cccc4[nH]cc(c34)C[C@H]21.O=C(O)C(O)C(O)C(=O)O. The van der Waals surface area contributed by atoms with Gasteiger partial charge in [0.2, 0.25) is 0 Å². The fraction of sp³-hybridized carbons (Fsp3) is 0.524. The third-order valence-electron chi connectivity index (χ3n) is 6.13. The fourth-order valence-corrected chi connectivity index (χ4v) is 6.10. The number of aromatic amines is 1. The number of fused-ring (bicyclic) bond motifs is 2. The van der Waals surface area contributed by atoms with E-state index in [9.17, 15) is 18.0 Å². The number of aliphatic hydroxyl groups is 2. The van der Waals surface area contributed by atoms with E-state index in [-0.39, 0.29) is 10.9 Å². The number of piperidine rings is 1. The van der Waals surface area contributed by atoms with E-state index in [4.69, 9.17) is 24.6 Å². The minimum Gasteiger partial charge on any atom is -0.479 e. The Hall–Kier alpha value is -2.03. The van der Waals surface area contributed by atoms with E-state index >= 15 is 0 Å². The van der Waals surface area contributed by atoms with Crippen molar-refractivity contribution in [2.45, 2.75) is 41.3 Å². The van der Waals surface area contributed by atoms with Gasteiger partial charge in [-0.15, -0.1) is 0 Å². The van der Waals surface area contributed by atoms with E-state index in [2.05, 4.69) is 57.3 Å². The lowest BCUT2D eigenvalue weighted by Crippen LogP contribution is -2.55. The molecule has 0 bridgehead atoms. The maximum absolute atomic E-state index is 11.4. The van der Waals surface area contributed by atoms with Gasteiger partial charge < -0.3 is 30.3 Å². The zero-order chi connectivity index (χ0) is 25.4. The van der Waals surface area contributed by atoms with Gasteiger partial charge in [0, 0.05) is 35.6 Å². The Bertz CT molecular complexity index is 1170. The van der Waals surface area contributed by atoms with Crippen LogP contribution >= 0.6 is 15.9 Å². The molecule has 0 amide bonds. The molecule has 0 saturated carbocycles. The van der Waals surface area contributed by atoms with Gasteiger partial charge in [-0.2, -0.15) is 8.42 Å². The minimum atomic E-state index is -3.44. The number of H-pyrrole nitrogens is 1. The third-order valence-corrected chi connectivity index (χ3v) is 7.48. The lowest BCUT2D eigenvalue weighted by molar-refractivity contribution is -0.165. The predicted octanol–water partition coefficient (Wildman–Crippen LogP) is 0.499. The van der Waals surface area contributed by atoms with Crippen LogP contribution in [0.4, 0.5) is 0 Å². The molecule has 1 aromatic carbocycles. The van der Waals surface area contributed by atoms with E-state index in [1.54, 1.807) is 0 Å². The number of likely N-dealkylation sites (tertiary alicyclic amines) is 1. The number of hydrogen-bond acceptors (Lipinski definition) is 8. The smallest absolute Gasteiger partial charge is 0.335 e. The van der Waals surface area contributed by atoms with Gasteiger partial charge in [0.15, 0.2) is 12.2 Å². The van der Waals surface area contributed by atoms with E-state index < -0.39 is 34.3 Å². The molecule has 0 spiro atoms. The van der Waals surface area contributed by atoms with Crippen molar-refractivity contribution < 1.29 is 42.6 Å². The first kappa shape index (κ1) is 26.6. The van der Waals surface area contributed by atoms with Crippen molar-refractivity contribution in [3.8, 4) is 0 Å². The number of nitrogens with zero attached hydrogens (tertiary/aromatic N) is 1. The summed E-state index contributed by atoms with van der Waals surface area (Å²) < 4.78 is 27.6. The first-order valence-corrected chi connectivity index (χ1v) is 13.0. The maximum Gasteiger partial charge on any atom is 0.335 e. The molecule has 4 rings (SSSR count). The number of aliphatic carboxylic acids is 2. The molecule has 13 heteroatoms. The standard InChI is InChI=1S/C17H21BrN2O3S.C4H6O6/c1-20-9-17(18,10-23-24(2,21)22)7-13-12-4-3-5-14-16(12)11(8-19-14)6-15(13)20;5-1(3(7)8)2(6)4(9)10/h3-5,8,13,15,19H,6-7,9-10H2,1-2H3;1-2,5-6H,(H,7,8)(H,9,10)/t13?,15-,17+;/m1./s1. The molecular formula is C21H27BrN2O9S. The highest BCUT2D eigenvalue weighted by Crippen LogP contribution is 2.47. The Morgan fingerprint density at radius 2 is 1.88 bits per heavy atom. The van der Waals surface area contributed by atoms with Gasteiger partial charge in [-0.1, -0.05) is 28.1 Å². The topological polar surface area (TPSA) is 177 Å². The quantitative estimate of drug-likeness (QED) is 0.246. The molecule has 1 aliphatic heterocycles. The van der Waals surface area contributed by atoms with Gasteiger partial charge >= 0.3 is 11.9 Å². The zero-order valence-corrected chi connectivity index (χ0v) is 20.9. The number of rotatable bonds is 6. The van der Waals surface area contributed by atoms with E-state index in [0.29, 0.717) is 12.0 Å². The number of aliphatic hydroxyl groups excluding tert-OH is 2. The third kappa shape index (κ3) is 5.78. The molecule has 11 nitrogen and oxygen atoms in total. The lowest BCUT2D eigenvalue weighted by Gasteiger charge is -2.49. The first-order valence-electron chi connectivity index (χ1n) is 10.4. The van der Waals surface area contributed by atoms with Gasteiger partial charge in [0.05, 0.1) is 17.2 Å². The molecule has 0 radical (unpaired) electrons. The summed E-state index contributed by atoms with van der Waals surface area (Å²) in [6, 6.07) is 6.85. The molecule has 34 heavy (non-hydrogen) atoms.